The van der Waals surface area contributed by atoms with E-state index < -0.39 is 5.82 Å². The summed E-state index contributed by atoms with van der Waals surface area (Å²) in [6, 6.07) is 9.66. The SMILES string of the molecule is OCCn1cc(Nc2ncc(F)c(NCc3ccccc3)n2)cn1. The van der Waals surface area contributed by atoms with Crippen LogP contribution in [0.15, 0.2) is 48.9 Å². The van der Waals surface area contributed by atoms with Gasteiger partial charge < -0.3 is 15.7 Å². The lowest BCUT2D eigenvalue weighted by Gasteiger charge is -2.08. The molecule has 0 amide bonds. The van der Waals surface area contributed by atoms with Crippen molar-refractivity contribution in [1.29, 1.82) is 0 Å². The third-order valence-electron chi connectivity index (χ3n) is 3.27. The quantitative estimate of drug-likeness (QED) is 0.616. The number of aliphatic hydroxyl groups is 1. The van der Waals surface area contributed by atoms with Crippen molar-refractivity contribution in [2.75, 3.05) is 17.2 Å². The maximum absolute atomic E-state index is 13.9. The van der Waals surface area contributed by atoms with Gasteiger partial charge in [-0.25, -0.2) is 9.37 Å². The molecule has 1 aromatic carbocycles. The lowest BCUT2D eigenvalue weighted by molar-refractivity contribution is 0.269. The fourth-order valence-corrected chi connectivity index (χ4v) is 2.11. The number of nitrogens with zero attached hydrogens (tertiary/aromatic N) is 4. The zero-order valence-electron chi connectivity index (χ0n) is 12.9. The Labute approximate surface area is 138 Å². The molecule has 24 heavy (non-hydrogen) atoms. The van der Waals surface area contributed by atoms with Crippen molar-refractivity contribution >= 4 is 17.5 Å². The van der Waals surface area contributed by atoms with E-state index in [2.05, 4.69) is 25.7 Å². The van der Waals surface area contributed by atoms with Crippen molar-refractivity contribution in [2.24, 2.45) is 0 Å². The van der Waals surface area contributed by atoms with E-state index in [0.29, 0.717) is 18.8 Å². The van der Waals surface area contributed by atoms with Crippen molar-refractivity contribution in [3.63, 3.8) is 0 Å². The molecule has 3 aromatic rings. The highest BCUT2D eigenvalue weighted by molar-refractivity contribution is 5.52. The molecule has 0 spiro atoms. The first-order valence-corrected chi connectivity index (χ1v) is 7.45. The smallest absolute Gasteiger partial charge is 0.229 e. The number of rotatable bonds is 7. The van der Waals surface area contributed by atoms with Gasteiger partial charge in [0.05, 0.1) is 31.2 Å². The molecule has 0 aliphatic heterocycles. The second-order valence-corrected chi connectivity index (χ2v) is 5.07. The van der Waals surface area contributed by atoms with Gasteiger partial charge in [0.1, 0.15) is 0 Å². The summed E-state index contributed by atoms with van der Waals surface area (Å²) in [4.78, 5) is 8.06. The summed E-state index contributed by atoms with van der Waals surface area (Å²) < 4.78 is 15.4. The first-order valence-electron chi connectivity index (χ1n) is 7.45. The van der Waals surface area contributed by atoms with Crippen molar-refractivity contribution in [3.05, 3.63) is 60.3 Å². The molecular weight excluding hydrogens is 311 g/mol. The summed E-state index contributed by atoms with van der Waals surface area (Å²) in [5.41, 5.74) is 1.68. The largest absolute Gasteiger partial charge is 0.394 e. The number of hydrogen-bond donors (Lipinski definition) is 3. The number of hydrogen-bond acceptors (Lipinski definition) is 6. The molecule has 7 nitrogen and oxygen atoms in total. The second-order valence-electron chi connectivity index (χ2n) is 5.07. The van der Waals surface area contributed by atoms with Crippen molar-refractivity contribution in [1.82, 2.24) is 19.7 Å². The van der Waals surface area contributed by atoms with Crippen LogP contribution >= 0.6 is 0 Å². The minimum atomic E-state index is -0.521. The molecule has 0 unspecified atom stereocenters. The highest BCUT2D eigenvalue weighted by atomic mass is 19.1. The first-order chi connectivity index (χ1) is 11.7. The highest BCUT2D eigenvalue weighted by Gasteiger charge is 2.08. The lowest BCUT2D eigenvalue weighted by atomic mass is 10.2. The van der Waals surface area contributed by atoms with Gasteiger partial charge in [-0.15, -0.1) is 0 Å². The van der Waals surface area contributed by atoms with Crippen LogP contribution in [0.25, 0.3) is 0 Å². The van der Waals surface area contributed by atoms with Gasteiger partial charge in [-0.3, -0.25) is 4.68 Å². The summed E-state index contributed by atoms with van der Waals surface area (Å²) in [6.07, 6.45) is 4.40. The minimum Gasteiger partial charge on any atom is -0.394 e. The van der Waals surface area contributed by atoms with Gasteiger partial charge in [-0.1, -0.05) is 30.3 Å². The van der Waals surface area contributed by atoms with E-state index in [9.17, 15) is 4.39 Å². The molecule has 2 aromatic heterocycles. The molecule has 3 rings (SSSR count). The number of anilines is 3. The number of aromatic nitrogens is 4. The number of benzene rings is 1. The molecule has 0 aliphatic carbocycles. The number of nitrogens with one attached hydrogen (secondary N) is 2. The molecule has 0 bridgehead atoms. The third-order valence-corrected chi connectivity index (χ3v) is 3.27. The molecular formula is C16H17FN6O. The third kappa shape index (κ3) is 4.05. The summed E-state index contributed by atoms with van der Waals surface area (Å²) >= 11 is 0. The van der Waals surface area contributed by atoms with E-state index >= 15 is 0 Å². The van der Waals surface area contributed by atoms with Crippen molar-refractivity contribution < 1.29 is 9.50 Å². The zero-order valence-corrected chi connectivity index (χ0v) is 12.9. The molecule has 0 saturated carbocycles. The van der Waals surface area contributed by atoms with Gasteiger partial charge in [-0.2, -0.15) is 10.1 Å². The zero-order chi connectivity index (χ0) is 16.8. The Bertz CT molecular complexity index is 792. The Morgan fingerprint density at radius 1 is 1.17 bits per heavy atom. The topological polar surface area (TPSA) is 87.9 Å². The van der Waals surface area contributed by atoms with Gasteiger partial charge in [0.25, 0.3) is 0 Å². The van der Waals surface area contributed by atoms with Gasteiger partial charge in [0, 0.05) is 12.7 Å². The average Bonchev–Trinajstić information content (AvgIpc) is 3.04. The summed E-state index contributed by atoms with van der Waals surface area (Å²) in [6.45, 7) is 0.861. The van der Waals surface area contributed by atoms with Crippen LogP contribution in [0.4, 0.5) is 21.8 Å². The lowest BCUT2D eigenvalue weighted by Crippen LogP contribution is -2.06. The molecule has 3 N–H and O–H groups in total. The molecule has 0 radical (unpaired) electrons. The van der Waals surface area contributed by atoms with Crippen LogP contribution in [0.2, 0.25) is 0 Å². The maximum Gasteiger partial charge on any atom is 0.229 e. The number of halogens is 1. The van der Waals surface area contributed by atoms with Crippen molar-refractivity contribution in [2.45, 2.75) is 13.1 Å². The fraction of sp³-hybridized carbons (Fsp3) is 0.188. The normalized spacial score (nSPS) is 10.6. The molecule has 0 saturated heterocycles. The summed E-state index contributed by atoms with van der Waals surface area (Å²) in [5, 5.41) is 18.9. The standard InChI is InChI=1S/C16H17FN6O/c17-14-10-19-16(21-13-9-20-23(11-13)6-7-24)22-15(14)18-8-12-4-2-1-3-5-12/h1-5,9-11,24H,6-8H2,(H2,18,19,21,22). The minimum absolute atomic E-state index is 0.00171. The van der Waals surface area contributed by atoms with E-state index in [0.717, 1.165) is 11.8 Å². The Hall–Kier alpha value is -3.00. The van der Waals surface area contributed by atoms with Gasteiger partial charge in [0.2, 0.25) is 5.95 Å². The highest BCUT2D eigenvalue weighted by Crippen LogP contribution is 2.16. The summed E-state index contributed by atoms with van der Waals surface area (Å²) in [5.74, 6) is -0.137. The first kappa shape index (κ1) is 15.9. The molecule has 0 atom stereocenters. The Balaban J connectivity index is 1.68. The molecule has 2 heterocycles. The Kier molecular flexibility index (Phi) is 4.97. The van der Waals surface area contributed by atoms with Crippen LogP contribution in [0, 0.1) is 5.82 Å². The fourth-order valence-electron chi connectivity index (χ4n) is 2.11. The predicted molar refractivity (Wildman–Crippen MR) is 88.4 cm³/mol. The second kappa shape index (κ2) is 7.51. The van der Waals surface area contributed by atoms with Gasteiger partial charge >= 0.3 is 0 Å². The van der Waals surface area contributed by atoms with Crippen LogP contribution in [0.5, 0.6) is 0 Å². The molecule has 8 heteroatoms. The maximum atomic E-state index is 13.9. The van der Waals surface area contributed by atoms with Gasteiger partial charge in [-0.05, 0) is 5.56 Å². The van der Waals surface area contributed by atoms with Crippen LogP contribution in [0.3, 0.4) is 0 Å². The number of aliphatic hydroxyl groups excluding tert-OH is 1. The Morgan fingerprint density at radius 2 is 2.00 bits per heavy atom. The molecule has 0 aliphatic rings. The molecule has 0 fully saturated rings. The van der Waals surface area contributed by atoms with Gasteiger partial charge in [0.15, 0.2) is 11.6 Å². The monoisotopic (exact) mass is 328 g/mol. The average molecular weight is 328 g/mol. The van der Waals surface area contributed by atoms with Crippen LogP contribution in [-0.2, 0) is 13.1 Å². The van der Waals surface area contributed by atoms with E-state index in [1.54, 1.807) is 17.1 Å². The van der Waals surface area contributed by atoms with E-state index in [4.69, 9.17) is 5.11 Å². The van der Waals surface area contributed by atoms with E-state index in [-0.39, 0.29) is 18.4 Å². The van der Waals surface area contributed by atoms with Crippen LogP contribution in [0.1, 0.15) is 5.56 Å². The van der Waals surface area contributed by atoms with Crippen LogP contribution < -0.4 is 10.6 Å². The summed E-state index contributed by atoms with van der Waals surface area (Å²) in [7, 11) is 0. The van der Waals surface area contributed by atoms with Crippen molar-refractivity contribution in [3.8, 4) is 0 Å². The van der Waals surface area contributed by atoms with E-state index in [1.807, 2.05) is 30.3 Å². The predicted octanol–water partition coefficient (Wildman–Crippen LogP) is 2.16. The van der Waals surface area contributed by atoms with E-state index in [1.165, 1.54) is 0 Å². The van der Waals surface area contributed by atoms with Crippen LogP contribution in [-0.4, -0.2) is 31.5 Å². The Morgan fingerprint density at radius 3 is 2.79 bits per heavy atom. The molecule has 124 valence electrons.